The van der Waals surface area contributed by atoms with Crippen LogP contribution in [0, 0.1) is 6.92 Å². The summed E-state index contributed by atoms with van der Waals surface area (Å²) in [5, 5.41) is 3.50. The molecule has 0 spiro atoms. The molecule has 0 radical (unpaired) electrons. The van der Waals surface area contributed by atoms with Crippen molar-refractivity contribution < 1.29 is 4.74 Å². The lowest BCUT2D eigenvalue weighted by Crippen LogP contribution is -2.21. The number of ether oxygens (including phenoxy) is 1. The van der Waals surface area contributed by atoms with Crippen molar-refractivity contribution in [3.8, 4) is 5.75 Å². The fraction of sp³-hybridized carbons (Fsp3) is 0.357. The molecule has 3 rings (SSSR count). The SMILES string of the molecule is Cc1cn(C)c(NC2CCOc3ccccc32)n1. The largest absolute Gasteiger partial charge is 0.493 e. The highest BCUT2D eigenvalue weighted by Crippen LogP contribution is 2.33. The standard InChI is InChI=1S/C14H17N3O/c1-10-9-17(2)14(15-10)16-12-7-8-18-13-6-4-3-5-11(12)13/h3-6,9,12H,7-8H2,1-2H3,(H,15,16). The summed E-state index contributed by atoms with van der Waals surface area (Å²) in [6.45, 7) is 2.75. The second-order valence-electron chi connectivity index (χ2n) is 4.69. The molecule has 1 aliphatic heterocycles. The van der Waals surface area contributed by atoms with Crippen LogP contribution < -0.4 is 10.1 Å². The van der Waals surface area contributed by atoms with E-state index in [-0.39, 0.29) is 6.04 Å². The summed E-state index contributed by atoms with van der Waals surface area (Å²) in [6, 6.07) is 8.46. The molecular formula is C14H17N3O. The molecule has 0 bridgehead atoms. The summed E-state index contributed by atoms with van der Waals surface area (Å²) in [4.78, 5) is 4.49. The minimum atomic E-state index is 0.274. The van der Waals surface area contributed by atoms with Crippen molar-refractivity contribution >= 4 is 5.95 Å². The third kappa shape index (κ3) is 1.94. The van der Waals surface area contributed by atoms with E-state index in [2.05, 4.69) is 16.4 Å². The molecule has 94 valence electrons. The predicted molar refractivity (Wildman–Crippen MR) is 70.9 cm³/mol. The van der Waals surface area contributed by atoms with Crippen molar-refractivity contribution in [2.45, 2.75) is 19.4 Å². The number of benzene rings is 1. The molecule has 0 aliphatic carbocycles. The Kier molecular flexibility index (Phi) is 2.70. The average Bonchev–Trinajstić information content (AvgIpc) is 2.68. The van der Waals surface area contributed by atoms with Crippen molar-refractivity contribution in [2.75, 3.05) is 11.9 Å². The zero-order valence-corrected chi connectivity index (χ0v) is 10.7. The first-order valence-electron chi connectivity index (χ1n) is 6.22. The smallest absolute Gasteiger partial charge is 0.203 e. The Labute approximate surface area is 107 Å². The average molecular weight is 243 g/mol. The van der Waals surface area contributed by atoms with Gasteiger partial charge in [0.05, 0.1) is 18.3 Å². The highest BCUT2D eigenvalue weighted by atomic mass is 16.5. The minimum absolute atomic E-state index is 0.274. The molecule has 0 saturated carbocycles. The number of fused-ring (bicyclic) bond motifs is 1. The van der Waals surface area contributed by atoms with Crippen LogP contribution in [-0.2, 0) is 7.05 Å². The second kappa shape index (κ2) is 4.37. The lowest BCUT2D eigenvalue weighted by atomic mass is 10.0. The lowest BCUT2D eigenvalue weighted by molar-refractivity contribution is 0.274. The quantitative estimate of drug-likeness (QED) is 0.881. The monoisotopic (exact) mass is 243 g/mol. The molecule has 1 unspecified atom stereocenters. The van der Waals surface area contributed by atoms with Gasteiger partial charge in [-0.3, -0.25) is 0 Å². The molecule has 1 aromatic carbocycles. The van der Waals surface area contributed by atoms with Crippen LogP contribution >= 0.6 is 0 Å². The first-order chi connectivity index (χ1) is 8.74. The number of aromatic nitrogens is 2. The first kappa shape index (κ1) is 11.1. The molecule has 1 aliphatic rings. The van der Waals surface area contributed by atoms with E-state index in [0.717, 1.165) is 30.4 Å². The van der Waals surface area contributed by atoms with Crippen LogP contribution in [-0.4, -0.2) is 16.2 Å². The molecule has 2 heterocycles. The Morgan fingerprint density at radius 2 is 2.22 bits per heavy atom. The second-order valence-corrected chi connectivity index (χ2v) is 4.69. The van der Waals surface area contributed by atoms with E-state index in [1.54, 1.807) is 0 Å². The van der Waals surface area contributed by atoms with Crippen LogP contribution in [0.3, 0.4) is 0 Å². The van der Waals surface area contributed by atoms with Gasteiger partial charge in [-0.25, -0.2) is 4.98 Å². The number of aryl methyl sites for hydroxylation is 2. The summed E-state index contributed by atoms with van der Waals surface area (Å²) in [5.74, 6) is 1.89. The molecule has 18 heavy (non-hydrogen) atoms. The van der Waals surface area contributed by atoms with Gasteiger partial charge in [0.1, 0.15) is 5.75 Å². The van der Waals surface area contributed by atoms with E-state index in [9.17, 15) is 0 Å². The minimum Gasteiger partial charge on any atom is -0.493 e. The summed E-state index contributed by atoms with van der Waals surface area (Å²) in [7, 11) is 2.01. The number of nitrogens with one attached hydrogen (secondary N) is 1. The van der Waals surface area contributed by atoms with Gasteiger partial charge in [-0.15, -0.1) is 0 Å². The van der Waals surface area contributed by atoms with Gasteiger partial charge in [-0.2, -0.15) is 0 Å². The Balaban J connectivity index is 1.88. The van der Waals surface area contributed by atoms with Crippen LogP contribution in [0.15, 0.2) is 30.5 Å². The van der Waals surface area contributed by atoms with E-state index < -0.39 is 0 Å². The fourth-order valence-corrected chi connectivity index (χ4v) is 2.40. The third-order valence-electron chi connectivity index (χ3n) is 3.26. The van der Waals surface area contributed by atoms with Crippen molar-refractivity contribution in [2.24, 2.45) is 7.05 Å². The van der Waals surface area contributed by atoms with E-state index in [1.807, 2.05) is 42.9 Å². The molecule has 1 N–H and O–H groups in total. The summed E-state index contributed by atoms with van der Waals surface area (Å²) in [5.41, 5.74) is 2.24. The maximum absolute atomic E-state index is 5.66. The Morgan fingerprint density at radius 1 is 1.39 bits per heavy atom. The predicted octanol–water partition coefficient (Wildman–Crippen LogP) is 2.66. The van der Waals surface area contributed by atoms with Gasteiger partial charge in [0.15, 0.2) is 0 Å². The van der Waals surface area contributed by atoms with Crippen LogP contribution in [0.1, 0.15) is 23.7 Å². The number of nitrogens with zero attached hydrogens (tertiary/aromatic N) is 2. The number of hydrogen-bond donors (Lipinski definition) is 1. The topological polar surface area (TPSA) is 39.1 Å². The number of anilines is 1. The van der Waals surface area contributed by atoms with Gasteiger partial charge in [-0.05, 0) is 13.0 Å². The third-order valence-corrected chi connectivity index (χ3v) is 3.26. The molecule has 0 fully saturated rings. The van der Waals surface area contributed by atoms with Crippen LogP contribution in [0.5, 0.6) is 5.75 Å². The van der Waals surface area contributed by atoms with Gasteiger partial charge >= 0.3 is 0 Å². The molecule has 0 amide bonds. The summed E-state index contributed by atoms with van der Waals surface area (Å²) < 4.78 is 7.68. The molecule has 4 nitrogen and oxygen atoms in total. The van der Waals surface area contributed by atoms with E-state index in [4.69, 9.17) is 4.74 Å². The first-order valence-corrected chi connectivity index (χ1v) is 6.22. The zero-order chi connectivity index (χ0) is 12.5. The van der Waals surface area contributed by atoms with Crippen LogP contribution in [0.4, 0.5) is 5.95 Å². The van der Waals surface area contributed by atoms with Gasteiger partial charge in [0.2, 0.25) is 5.95 Å². The van der Waals surface area contributed by atoms with Crippen molar-refractivity contribution in [3.05, 3.63) is 41.7 Å². The number of para-hydroxylation sites is 1. The van der Waals surface area contributed by atoms with Gasteiger partial charge in [0.25, 0.3) is 0 Å². The number of imidazole rings is 1. The molecule has 2 aromatic rings. The normalized spacial score (nSPS) is 18.0. The van der Waals surface area contributed by atoms with Crippen molar-refractivity contribution in [1.82, 2.24) is 9.55 Å². The molecule has 1 atom stereocenters. The maximum atomic E-state index is 5.66. The lowest BCUT2D eigenvalue weighted by Gasteiger charge is -2.26. The van der Waals surface area contributed by atoms with Gasteiger partial charge in [0, 0.05) is 25.2 Å². The van der Waals surface area contributed by atoms with E-state index in [0.29, 0.717) is 0 Å². The molecular weight excluding hydrogens is 226 g/mol. The Morgan fingerprint density at radius 3 is 3.00 bits per heavy atom. The fourth-order valence-electron chi connectivity index (χ4n) is 2.40. The highest BCUT2D eigenvalue weighted by Gasteiger charge is 2.21. The summed E-state index contributed by atoms with van der Waals surface area (Å²) in [6.07, 6.45) is 2.98. The molecule has 0 saturated heterocycles. The van der Waals surface area contributed by atoms with E-state index in [1.165, 1.54) is 5.56 Å². The highest BCUT2D eigenvalue weighted by molar-refractivity contribution is 5.42. The molecule has 1 aromatic heterocycles. The Bertz CT molecular complexity index is 562. The summed E-state index contributed by atoms with van der Waals surface area (Å²) >= 11 is 0. The van der Waals surface area contributed by atoms with Gasteiger partial charge in [-0.1, -0.05) is 18.2 Å². The zero-order valence-electron chi connectivity index (χ0n) is 10.7. The molecule has 4 heteroatoms. The van der Waals surface area contributed by atoms with Crippen molar-refractivity contribution in [1.29, 1.82) is 0 Å². The van der Waals surface area contributed by atoms with E-state index >= 15 is 0 Å². The van der Waals surface area contributed by atoms with Crippen LogP contribution in [0.25, 0.3) is 0 Å². The van der Waals surface area contributed by atoms with Crippen LogP contribution in [0.2, 0.25) is 0 Å². The number of hydrogen-bond acceptors (Lipinski definition) is 3. The van der Waals surface area contributed by atoms with Crippen molar-refractivity contribution in [3.63, 3.8) is 0 Å². The van der Waals surface area contributed by atoms with Gasteiger partial charge < -0.3 is 14.6 Å². The maximum Gasteiger partial charge on any atom is 0.203 e. The Hall–Kier alpha value is -1.97. The number of rotatable bonds is 2.